The predicted octanol–water partition coefficient (Wildman–Crippen LogP) is 1.98. The van der Waals surface area contributed by atoms with E-state index in [0.717, 1.165) is 0 Å². The molecule has 38 valence electrons. The van der Waals surface area contributed by atoms with Crippen LogP contribution < -0.4 is 0 Å². The summed E-state index contributed by atoms with van der Waals surface area (Å²) in [6.45, 7) is 2.22. The third-order valence-corrected chi connectivity index (χ3v) is 0. The molecule has 0 saturated heterocycles. The van der Waals surface area contributed by atoms with Crippen LogP contribution in [0, 0.1) is 0 Å². The fraction of sp³-hybridized carbons (Fsp3) is 0.333. The molecule has 0 heterocycles. The topological polar surface area (TPSA) is 0 Å². The normalized spacial score (nSPS) is 5.33. The van der Waals surface area contributed by atoms with Gasteiger partial charge in [-0.15, -0.1) is 0 Å². The van der Waals surface area contributed by atoms with Gasteiger partial charge in [-0.1, -0.05) is 0 Å². The van der Waals surface area contributed by atoms with Crippen LogP contribution >= 0.6 is 0 Å². The average Bonchev–Trinajstić information content (AvgIpc) is 1.41. The van der Waals surface area contributed by atoms with Crippen molar-refractivity contribution in [3.63, 3.8) is 0 Å². The highest BCUT2D eigenvalue weighted by Gasteiger charge is 1.65. The lowest BCUT2D eigenvalue weighted by Crippen LogP contribution is -1.33. The van der Waals surface area contributed by atoms with Crippen LogP contribution in [-0.2, 0) is 0 Å². The van der Waals surface area contributed by atoms with Crippen molar-refractivity contribution in [1.82, 2.24) is 0 Å². The Hall–Kier alpha value is -0.470. The maximum absolute atomic E-state index is 10.1. The fourth-order valence-electron chi connectivity index (χ4n) is 0. The van der Waals surface area contributed by atoms with Crippen LogP contribution in [0.1, 0.15) is 0 Å². The molecule has 0 aliphatic heterocycles. The molecule has 0 radical (unpaired) electrons. The SMILES string of the molecule is C=C(F)F.CF. The van der Waals surface area contributed by atoms with Crippen LogP contribution in [-0.4, -0.2) is 7.18 Å². The molecule has 0 N–H and O–H groups in total. The van der Waals surface area contributed by atoms with Gasteiger partial charge in [-0.05, 0) is 6.58 Å². The molecular weight excluding hydrogens is 93.0 g/mol. The first-order valence-corrected chi connectivity index (χ1v) is 1.11. The Bertz CT molecular complexity index is 29.0. The van der Waals surface area contributed by atoms with E-state index < -0.39 is 6.08 Å². The average molecular weight is 98.1 g/mol. The van der Waals surface area contributed by atoms with Crippen molar-refractivity contribution in [1.29, 1.82) is 0 Å². The molecule has 0 nitrogen and oxygen atoms in total. The molecule has 0 bridgehead atoms. The summed E-state index contributed by atoms with van der Waals surface area (Å²) in [6, 6.07) is 0. The van der Waals surface area contributed by atoms with Crippen LogP contribution in [0.3, 0.4) is 0 Å². The van der Waals surface area contributed by atoms with Gasteiger partial charge in [-0.3, -0.25) is 4.39 Å². The van der Waals surface area contributed by atoms with Gasteiger partial charge in [-0.2, -0.15) is 8.78 Å². The van der Waals surface area contributed by atoms with Crippen LogP contribution in [0.2, 0.25) is 0 Å². The monoisotopic (exact) mass is 98.0 g/mol. The lowest BCUT2D eigenvalue weighted by molar-refractivity contribution is 0.426. The van der Waals surface area contributed by atoms with Crippen LogP contribution in [0.25, 0.3) is 0 Å². The van der Waals surface area contributed by atoms with Crippen molar-refractivity contribution >= 4 is 0 Å². The van der Waals surface area contributed by atoms with Crippen molar-refractivity contribution in [3.05, 3.63) is 12.7 Å². The Morgan fingerprint density at radius 2 is 1.33 bits per heavy atom. The minimum atomic E-state index is -1.83. The van der Waals surface area contributed by atoms with E-state index in [1.165, 1.54) is 0 Å². The van der Waals surface area contributed by atoms with Crippen LogP contribution in [0.15, 0.2) is 12.7 Å². The van der Waals surface area contributed by atoms with E-state index in [0.29, 0.717) is 7.18 Å². The molecule has 3 heteroatoms. The third kappa shape index (κ3) is 102. The zero-order valence-electron chi connectivity index (χ0n) is 3.34. The zero-order valence-corrected chi connectivity index (χ0v) is 3.34. The summed E-state index contributed by atoms with van der Waals surface area (Å²) < 4.78 is 29.8. The summed E-state index contributed by atoms with van der Waals surface area (Å²) in [4.78, 5) is 0. The van der Waals surface area contributed by atoms with Crippen LogP contribution in [0.5, 0.6) is 0 Å². The van der Waals surface area contributed by atoms with Gasteiger partial charge >= 0.3 is 0 Å². The molecule has 0 aliphatic rings. The molecule has 0 saturated carbocycles. The molecule has 0 fully saturated rings. The van der Waals surface area contributed by atoms with E-state index >= 15 is 0 Å². The maximum Gasteiger partial charge on any atom is 0.263 e. The second kappa shape index (κ2) is 8.82. The number of rotatable bonds is 0. The maximum atomic E-state index is 10.1. The van der Waals surface area contributed by atoms with Gasteiger partial charge in [0.1, 0.15) is 0 Å². The first-order valence-electron chi connectivity index (χ1n) is 1.11. The van der Waals surface area contributed by atoms with Crippen LogP contribution in [0.4, 0.5) is 13.2 Å². The summed E-state index contributed by atoms with van der Waals surface area (Å²) >= 11 is 0. The molecule has 0 spiro atoms. The molecule has 0 aromatic carbocycles. The Kier molecular flexibility index (Phi) is 13.4. The summed E-state index contributed by atoms with van der Waals surface area (Å²) in [5.74, 6) is 0. The minimum Gasteiger partial charge on any atom is -0.255 e. The van der Waals surface area contributed by atoms with Gasteiger partial charge < -0.3 is 0 Å². The Labute approximate surface area is 34.3 Å². The first kappa shape index (κ1) is 9.11. The van der Waals surface area contributed by atoms with Crippen molar-refractivity contribution in [3.8, 4) is 0 Å². The van der Waals surface area contributed by atoms with Crippen molar-refractivity contribution in [2.75, 3.05) is 7.18 Å². The fourth-order valence-corrected chi connectivity index (χ4v) is 0. The second-order valence-corrected chi connectivity index (χ2v) is 0.339. The van der Waals surface area contributed by atoms with E-state index in [4.69, 9.17) is 0 Å². The number of alkyl halides is 1. The summed E-state index contributed by atoms with van der Waals surface area (Å²) in [5.41, 5.74) is 0. The van der Waals surface area contributed by atoms with Crippen molar-refractivity contribution in [2.24, 2.45) is 0 Å². The molecule has 0 unspecified atom stereocenters. The van der Waals surface area contributed by atoms with Crippen molar-refractivity contribution < 1.29 is 13.2 Å². The molecule has 0 atom stereocenters. The molecule has 0 aromatic heterocycles. The Morgan fingerprint density at radius 1 is 1.33 bits per heavy atom. The van der Waals surface area contributed by atoms with Crippen molar-refractivity contribution in [2.45, 2.75) is 0 Å². The first-order chi connectivity index (χ1) is 2.73. The van der Waals surface area contributed by atoms with E-state index in [1.54, 1.807) is 0 Å². The van der Waals surface area contributed by atoms with Gasteiger partial charge in [0.25, 0.3) is 6.08 Å². The number of hydrogen-bond donors (Lipinski definition) is 0. The number of hydrogen-bond acceptors (Lipinski definition) is 0. The Balaban J connectivity index is 0. The smallest absolute Gasteiger partial charge is 0.255 e. The summed E-state index contributed by atoms with van der Waals surface area (Å²) in [5, 5.41) is 0. The standard InChI is InChI=1S/C2H2F2.CH3F/c1-2(3)4;1-2/h1H2;1H3. The molecule has 6 heavy (non-hydrogen) atoms. The lowest BCUT2D eigenvalue weighted by Gasteiger charge is -1.54. The molecule has 0 rings (SSSR count). The number of halogens is 3. The highest BCUT2D eigenvalue weighted by atomic mass is 19.3. The van der Waals surface area contributed by atoms with Gasteiger partial charge in [0.2, 0.25) is 0 Å². The lowest BCUT2D eigenvalue weighted by atomic mass is 11.2. The van der Waals surface area contributed by atoms with Gasteiger partial charge in [-0.25, -0.2) is 0 Å². The van der Waals surface area contributed by atoms with E-state index in [1.807, 2.05) is 0 Å². The highest BCUT2D eigenvalue weighted by Crippen LogP contribution is 1.85. The predicted molar refractivity (Wildman–Crippen MR) is 18.4 cm³/mol. The van der Waals surface area contributed by atoms with Gasteiger partial charge in [0.05, 0.1) is 7.18 Å². The second-order valence-electron chi connectivity index (χ2n) is 0.339. The van der Waals surface area contributed by atoms with E-state index in [9.17, 15) is 13.2 Å². The molecular formula is C3H5F3. The zero-order chi connectivity index (χ0) is 5.58. The minimum absolute atomic E-state index is 0.500. The van der Waals surface area contributed by atoms with E-state index in [-0.39, 0.29) is 0 Å². The quantitative estimate of drug-likeness (QED) is 0.434. The molecule has 0 aliphatic carbocycles. The van der Waals surface area contributed by atoms with E-state index in [2.05, 4.69) is 6.58 Å². The van der Waals surface area contributed by atoms with Gasteiger partial charge in [0, 0.05) is 0 Å². The molecule has 0 amide bonds. The largest absolute Gasteiger partial charge is 0.263 e. The highest BCUT2D eigenvalue weighted by molar-refractivity contribution is 4.57. The molecule has 0 aromatic rings. The van der Waals surface area contributed by atoms with Gasteiger partial charge in [0.15, 0.2) is 0 Å². The summed E-state index contributed by atoms with van der Waals surface area (Å²) in [6.07, 6.45) is -1.83. The Morgan fingerprint density at radius 3 is 1.33 bits per heavy atom. The third-order valence-electron chi connectivity index (χ3n) is 0. The summed E-state index contributed by atoms with van der Waals surface area (Å²) in [7, 11) is 0.500.